The first kappa shape index (κ1) is 20.4. The van der Waals surface area contributed by atoms with Gasteiger partial charge in [-0.3, -0.25) is 14.5 Å². The zero-order chi connectivity index (χ0) is 21.0. The molecule has 3 rings (SSSR count). The molecule has 2 aromatic carbocycles. The van der Waals surface area contributed by atoms with E-state index in [-0.39, 0.29) is 5.69 Å². The van der Waals surface area contributed by atoms with Crippen LogP contribution in [0.1, 0.15) is 31.7 Å². The number of halogens is 2. The Morgan fingerprint density at radius 3 is 2.45 bits per heavy atom. The fourth-order valence-corrected chi connectivity index (χ4v) is 3.35. The summed E-state index contributed by atoms with van der Waals surface area (Å²) in [7, 11) is 0. The van der Waals surface area contributed by atoms with Crippen molar-refractivity contribution in [3.8, 4) is 0 Å². The van der Waals surface area contributed by atoms with E-state index in [2.05, 4.69) is 10.6 Å². The standard InChI is InChI=1S/C21H21F2N3O3/c1-2-3-12-21(14-8-10-15(22)11-9-14)19(28)26(20(29)25-21)13-18(27)24-17-7-5-4-6-16(17)23/h4-11H,2-3,12-13H2,1H3,(H,24,27)(H,25,29)/t21-/m1/s1. The molecule has 152 valence electrons. The summed E-state index contributed by atoms with van der Waals surface area (Å²) in [6.45, 7) is 1.38. The average molecular weight is 401 g/mol. The number of hydrogen-bond donors (Lipinski definition) is 2. The van der Waals surface area contributed by atoms with Crippen molar-refractivity contribution in [2.75, 3.05) is 11.9 Å². The van der Waals surface area contributed by atoms with Crippen LogP contribution in [0.5, 0.6) is 0 Å². The van der Waals surface area contributed by atoms with Gasteiger partial charge in [-0.25, -0.2) is 13.6 Å². The third-order valence-electron chi connectivity index (χ3n) is 4.87. The maximum atomic E-state index is 13.7. The SMILES string of the molecule is CCCC[C@]1(c2ccc(F)cc2)NC(=O)N(CC(=O)Nc2ccccc2F)C1=O. The Kier molecular flexibility index (Phi) is 5.91. The zero-order valence-electron chi connectivity index (χ0n) is 15.9. The van der Waals surface area contributed by atoms with Crippen LogP contribution in [0.25, 0.3) is 0 Å². The topological polar surface area (TPSA) is 78.5 Å². The van der Waals surface area contributed by atoms with Crippen LogP contribution in [0, 0.1) is 11.6 Å². The van der Waals surface area contributed by atoms with Gasteiger partial charge in [-0.15, -0.1) is 0 Å². The molecule has 29 heavy (non-hydrogen) atoms. The zero-order valence-corrected chi connectivity index (χ0v) is 15.9. The van der Waals surface area contributed by atoms with Crippen LogP contribution in [0.4, 0.5) is 19.3 Å². The summed E-state index contributed by atoms with van der Waals surface area (Å²) >= 11 is 0. The number of imide groups is 1. The van der Waals surface area contributed by atoms with E-state index in [1.807, 2.05) is 6.92 Å². The van der Waals surface area contributed by atoms with Crippen LogP contribution in [-0.4, -0.2) is 29.3 Å². The molecule has 0 bridgehead atoms. The number of rotatable bonds is 7. The molecule has 2 aromatic rings. The molecule has 0 saturated carbocycles. The lowest BCUT2D eigenvalue weighted by atomic mass is 9.85. The van der Waals surface area contributed by atoms with E-state index >= 15 is 0 Å². The highest BCUT2D eigenvalue weighted by Crippen LogP contribution is 2.34. The lowest BCUT2D eigenvalue weighted by Gasteiger charge is -2.27. The second-order valence-electron chi connectivity index (χ2n) is 6.87. The first-order valence-corrected chi connectivity index (χ1v) is 9.32. The second kappa shape index (κ2) is 8.38. The number of nitrogens with one attached hydrogen (secondary N) is 2. The fraction of sp³-hybridized carbons (Fsp3) is 0.286. The van der Waals surface area contributed by atoms with E-state index in [9.17, 15) is 23.2 Å². The third kappa shape index (κ3) is 4.11. The minimum Gasteiger partial charge on any atom is -0.322 e. The molecule has 8 heteroatoms. The van der Waals surface area contributed by atoms with Crippen molar-refractivity contribution in [3.05, 3.63) is 65.7 Å². The van der Waals surface area contributed by atoms with E-state index in [1.54, 1.807) is 6.07 Å². The molecule has 0 aromatic heterocycles. The number of para-hydroxylation sites is 1. The van der Waals surface area contributed by atoms with Gasteiger partial charge in [-0.2, -0.15) is 0 Å². The second-order valence-corrected chi connectivity index (χ2v) is 6.87. The molecular weight excluding hydrogens is 380 g/mol. The number of nitrogens with zero attached hydrogens (tertiary/aromatic N) is 1. The molecule has 1 aliphatic heterocycles. The summed E-state index contributed by atoms with van der Waals surface area (Å²) in [4.78, 5) is 38.8. The molecular formula is C21H21F2N3O3. The maximum Gasteiger partial charge on any atom is 0.325 e. The summed E-state index contributed by atoms with van der Waals surface area (Å²) < 4.78 is 27.1. The van der Waals surface area contributed by atoms with Gasteiger partial charge in [0.15, 0.2) is 0 Å². The van der Waals surface area contributed by atoms with Gasteiger partial charge < -0.3 is 10.6 Å². The lowest BCUT2D eigenvalue weighted by Crippen LogP contribution is -2.44. The Hall–Kier alpha value is -3.29. The minimum atomic E-state index is -1.36. The Labute approximate surface area is 166 Å². The Morgan fingerprint density at radius 2 is 1.79 bits per heavy atom. The summed E-state index contributed by atoms with van der Waals surface area (Å²) in [6, 6.07) is 10.2. The first-order chi connectivity index (χ1) is 13.9. The number of benzene rings is 2. The number of amides is 4. The van der Waals surface area contributed by atoms with Crippen molar-refractivity contribution in [2.24, 2.45) is 0 Å². The van der Waals surface area contributed by atoms with Crippen LogP contribution < -0.4 is 10.6 Å². The molecule has 1 aliphatic rings. The number of urea groups is 1. The van der Waals surface area contributed by atoms with Gasteiger partial charge in [-0.1, -0.05) is 44.0 Å². The van der Waals surface area contributed by atoms with Gasteiger partial charge in [-0.05, 0) is 36.2 Å². The lowest BCUT2D eigenvalue weighted by molar-refractivity contribution is -0.134. The Balaban J connectivity index is 1.83. The fourth-order valence-electron chi connectivity index (χ4n) is 3.35. The van der Waals surface area contributed by atoms with E-state index in [4.69, 9.17) is 0 Å². The van der Waals surface area contributed by atoms with Gasteiger partial charge >= 0.3 is 6.03 Å². The van der Waals surface area contributed by atoms with E-state index in [1.165, 1.54) is 42.5 Å². The quantitative estimate of drug-likeness (QED) is 0.697. The van der Waals surface area contributed by atoms with Crippen molar-refractivity contribution in [2.45, 2.75) is 31.7 Å². The van der Waals surface area contributed by atoms with E-state index < -0.39 is 41.6 Å². The summed E-state index contributed by atoms with van der Waals surface area (Å²) in [5.74, 6) is -2.38. The number of carbonyl (C=O) groups is 3. The van der Waals surface area contributed by atoms with Gasteiger partial charge in [0.05, 0.1) is 5.69 Å². The summed E-state index contributed by atoms with van der Waals surface area (Å²) in [5.41, 5.74) is -0.956. The monoisotopic (exact) mass is 401 g/mol. The van der Waals surface area contributed by atoms with Crippen LogP contribution in [0.2, 0.25) is 0 Å². The number of anilines is 1. The number of hydrogen-bond acceptors (Lipinski definition) is 3. The van der Waals surface area contributed by atoms with Crippen molar-refractivity contribution in [3.63, 3.8) is 0 Å². The predicted octanol–water partition coefficient (Wildman–Crippen LogP) is 3.54. The molecule has 0 aliphatic carbocycles. The van der Waals surface area contributed by atoms with Gasteiger partial charge in [0.1, 0.15) is 23.7 Å². The van der Waals surface area contributed by atoms with Gasteiger partial charge in [0.25, 0.3) is 5.91 Å². The van der Waals surface area contributed by atoms with Crippen LogP contribution in [0.15, 0.2) is 48.5 Å². The van der Waals surface area contributed by atoms with Gasteiger partial charge in [0.2, 0.25) is 5.91 Å². The Bertz CT molecular complexity index is 933. The van der Waals surface area contributed by atoms with Crippen molar-refractivity contribution in [1.29, 1.82) is 0 Å². The van der Waals surface area contributed by atoms with E-state index in [0.717, 1.165) is 11.3 Å². The highest BCUT2D eigenvalue weighted by molar-refractivity contribution is 6.10. The van der Waals surface area contributed by atoms with Crippen molar-refractivity contribution < 1.29 is 23.2 Å². The van der Waals surface area contributed by atoms with Crippen LogP contribution in [0.3, 0.4) is 0 Å². The molecule has 1 atom stereocenters. The average Bonchev–Trinajstić information content (AvgIpc) is 2.94. The molecule has 2 N–H and O–H groups in total. The maximum absolute atomic E-state index is 13.7. The highest BCUT2D eigenvalue weighted by Gasteiger charge is 2.52. The highest BCUT2D eigenvalue weighted by atomic mass is 19.1. The molecule has 1 heterocycles. The molecule has 1 saturated heterocycles. The van der Waals surface area contributed by atoms with Crippen molar-refractivity contribution in [1.82, 2.24) is 10.2 Å². The molecule has 1 fully saturated rings. The molecule has 0 radical (unpaired) electrons. The van der Waals surface area contributed by atoms with Crippen LogP contribution >= 0.6 is 0 Å². The van der Waals surface area contributed by atoms with Crippen molar-refractivity contribution >= 4 is 23.5 Å². The van der Waals surface area contributed by atoms with E-state index in [0.29, 0.717) is 18.4 Å². The molecule has 6 nitrogen and oxygen atoms in total. The first-order valence-electron chi connectivity index (χ1n) is 9.32. The molecule has 0 unspecified atom stereocenters. The summed E-state index contributed by atoms with van der Waals surface area (Å²) in [5, 5.41) is 5.04. The largest absolute Gasteiger partial charge is 0.325 e. The Morgan fingerprint density at radius 1 is 1.10 bits per heavy atom. The van der Waals surface area contributed by atoms with Crippen LogP contribution in [-0.2, 0) is 15.1 Å². The normalized spacial score (nSPS) is 18.7. The molecule has 0 spiro atoms. The number of carbonyl (C=O) groups excluding carboxylic acids is 3. The number of unbranched alkanes of at least 4 members (excludes halogenated alkanes) is 1. The summed E-state index contributed by atoms with van der Waals surface area (Å²) in [6.07, 6.45) is 1.73. The smallest absolute Gasteiger partial charge is 0.322 e. The minimum absolute atomic E-state index is 0.0414. The van der Waals surface area contributed by atoms with Gasteiger partial charge in [0, 0.05) is 0 Å². The molecule has 4 amide bonds. The predicted molar refractivity (Wildman–Crippen MR) is 103 cm³/mol. The third-order valence-corrected chi connectivity index (χ3v) is 4.87.